The van der Waals surface area contributed by atoms with Crippen LogP contribution in [0.5, 0.6) is 5.75 Å². The summed E-state index contributed by atoms with van der Waals surface area (Å²) in [6, 6.07) is 9.00. The third-order valence-corrected chi connectivity index (χ3v) is 3.67. The minimum Gasteiger partial charge on any atom is -0.491 e. The van der Waals surface area contributed by atoms with Crippen LogP contribution in [0.1, 0.15) is 33.1 Å². The molecule has 3 heteroatoms. The van der Waals surface area contributed by atoms with Gasteiger partial charge < -0.3 is 15.0 Å². The number of anilines is 1. The normalized spacial score (nSPS) is 16.4. The second-order valence-corrected chi connectivity index (χ2v) is 5.11. The van der Waals surface area contributed by atoms with Crippen molar-refractivity contribution in [2.45, 2.75) is 39.2 Å². The fourth-order valence-corrected chi connectivity index (χ4v) is 2.75. The van der Waals surface area contributed by atoms with E-state index in [1.807, 2.05) is 0 Å². The fraction of sp³-hybridized carbons (Fsp3) is 0.625. The molecule has 0 radical (unpaired) electrons. The van der Waals surface area contributed by atoms with Crippen molar-refractivity contribution in [1.82, 2.24) is 5.32 Å². The van der Waals surface area contributed by atoms with Crippen LogP contribution in [0.2, 0.25) is 0 Å². The third-order valence-electron chi connectivity index (χ3n) is 3.67. The number of nitrogens with zero attached hydrogens (tertiary/aromatic N) is 1. The Morgan fingerprint density at radius 2 is 2.16 bits per heavy atom. The summed E-state index contributed by atoms with van der Waals surface area (Å²) in [4.78, 5) is 2.54. The first-order chi connectivity index (χ1) is 9.36. The molecule has 1 aliphatic rings. The summed E-state index contributed by atoms with van der Waals surface area (Å²) in [7, 11) is 0. The average Bonchev–Trinajstić information content (AvgIpc) is 2.66. The molecular weight excluding hydrogens is 236 g/mol. The van der Waals surface area contributed by atoms with Crippen molar-refractivity contribution in [3.63, 3.8) is 0 Å². The van der Waals surface area contributed by atoms with Crippen molar-refractivity contribution in [3.05, 3.63) is 24.3 Å². The summed E-state index contributed by atoms with van der Waals surface area (Å²) < 4.78 is 5.85. The summed E-state index contributed by atoms with van der Waals surface area (Å²) in [5, 5.41) is 3.50. The van der Waals surface area contributed by atoms with E-state index in [1.165, 1.54) is 18.5 Å². The first kappa shape index (κ1) is 14.2. The zero-order chi connectivity index (χ0) is 13.5. The molecule has 1 heterocycles. The van der Waals surface area contributed by atoms with Gasteiger partial charge in [-0.2, -0.15) is 0 Å². The molecule has 0 fully saturated rings. The molecule has 0 bridgehead atoms. The highest BCUT2D eigenvalue weighted by atomic mass is 16.5. The summed E-state index contributed by atoms with van der Waals surface area (Å²) in [5.74, 6) is 1.04. The van der Waals surface area contributed by atoms with Gasteiger partial charge in [0.2, 0.25) is 0 Å². The summed E-state index contributed by atoms with van der Waals surface area (Å²) in [5.41, 5.74) is 1.26. The molecule has 0 aromatic heterocycles. The highest BCUT2D eigenvalue weighted by Crippen LogP contribution is 2.32. The van der Waals surface area contributed by atoms with Gasteiger partial charge in [0.1, 0.15) is 5.75 Å². The molecule has 3 nitrogen and oxygen atoms in total. The number of ether oxygens (including phenoxy) is 1. The largest absolute Gasteiger partial charge is 0.491 e. The Bertz CT molecular complexity index is 381. The SMILES string of the molecule is CCCC(CNCC)N1CCCOc2ccccc21. The van der Waals surface area contributed by atoms with Crippen molar-refractivity contribution in [2.24, 2.45) is 0 Å². The molecule has 106 valence electrons. The Morgan fingerprint density at radius 3 is 2.95 bits per heavy atom. The molecule has 1 aromatic rings. The van der Waals surface area contributed by atoms with Crippen molar-refractivity contribution < 1.29 is 4.74 Å². The Balaban J connectivity index is 2.20. The van der Waals surface area contributed by atoms with Crippen molar-refractivity contribution in [3.8, 4) is 5.75 Å². The van der Waals surface area contributed by atoms with Crippen LogP contribution in [-0.4, -0.2) is 32.3 Å². The average molecular weight is 262 g/mol. The van der Waals surface area contributed by atoms with Crippen LogP contribution in [0.15, 0.2) is 24.3 Å². The summed E-state index contributed by atoms with van der Waals surface area (Å²) in [6.45, 7) is 8.44. The highest BCUT2D eigenvalue weighted by Gasteiger charge is 2.22. The van der Waals surface area contributed by atoms with Crippen molar-refractivity contribution in [1.29, 1.82) is 0 Å². The van der Waals surface area contributed by atoms with Crippen LogP contribution in [-0.2, 0) is 0 Å². The van der Waals surface area contributed by atoms with E-state index in [2.05, 4.69) is 48.3 Å². The molecule has 1 aromatic carbocycles. The number of hydrogen-bond acceptors (Lipinski definition) is 3. The highest BCUT2D eigenvalue weighted by molar-refractivity contribution is 5.59. The van der Waals surface area contributed by atoms with E-state index in [4.69, 9.17) is 4.74 Å². The second-order valence-electron chi connectivity index (χ2n) is 5.11. The number of benzene rings is 1. The quantitative estimate of drug-likeness (QED) is 0.853. The lowest BCUT2D eigenvalue weighted by Gasteiger charge is -2.33. The van der Waals surface area contributed by atoms with E-state index in [-0.39, 0.29) is 0 Å². The topological polar surface area (TPSA) is 24.5 Å². The Hall–Kier alpha value is -1.22. The molecule has 0 saturated carbocycles. The van der Waals surface area contributed by atoms with Gasteiger partial charge in [-0.3, -0.25) is 0 Å². The molecule has 1 aliphatic heterocycles. The van der Waals surface area contributed by atoms with Crippen molar-refractivity contribution in [2.75, 3.05) is 31.1 Å². The maximum atomic E-state index is 5.85. The van der Waals surface area contributed by atoms with Crippen LogP contribution in [0.3, 0.4) is 0 Å². The standard InChI is InChI=1S/C16H26N2O/c1-3-8-14(13-17-4-2)18-11-7-12-19-16-10-6-5-9-15(16)18/h5-6,9-10,14,17H,3-4,7-8,11-13H2,1-2H3. The number of nitrogens with one attached hydrogen (secondary N) is 1. The summed E-state index contributed by atoms with van der Waals surface area (Å²) in [6.07, 6.45) is 3.54. The Kier molecular flexibility index (Phi) is 5.52. The molecule has 0 aliphatic carbocycles. The maximum Gasteiger partial charge on any atom is 0.142 e. The Morgan fingerprint density at radius 1 is 1.32 bits per heavy atom. The third kappa shape index (κ3) is 3.63. The number of likely N-dealkylation sites (N-methyl/N-ethyl adjacent to an activating group) is 1. The van der Waals surface area contributed by atoms with Crippen molar-refractivity contribution >= 4 is 5.69 Å². The van der Waals surface area contributed by atoms with E-state index in [1.54, 1.807) is 0 Å². The van der Waals surface area contributed by atoms with Gasteiger partial charge in [0.05, 0.1) is 12.3 Å². The molecule has 1 unspecified atom stereocenters. The molecule has 1 N–H and O–H groups in total. The molecular formula is C16H26N2O. The van der Waals surface area contributed by atoms with E-state index in [9.17, 15) is 0 Å². The van der Waals surface area contributed by atoms with Gasteiger partial charge >= 0.3 is 0 Å². The maximum absolute atomic E-state index is 5.85. The number of rotatable bonds is 6. The van der Waals surface area contributed by atoms with Gasteiger partial charge in [-0.15, -0.1) is 0 Å². The van der Waals surface area contributed by atoms with Gasteiger partial charge in [0.15, 0.2) is 0 Å². The minimum atomic E-state index is 0.563. The lowest BCUT2D eigenvalue weighted by Crippen LogP contribution is -2.43. The van der Waals surface area contributed by atoms with E-state index in [0.717, 1.165) is 38.4 Å². The van der Waals surface area contributed by atoms with E-state index < -0.39 is 0 Å². The van der Waals surface area contributed by atoms with Gasteiger partial charge in [0.25, 0.3) is 0 Å². The van der Waals surface area contributed by atoms with Crippen LogP contribution < -0.4 is 15.0 Å². The van der Waals surface area contributed by atoms with Gasteiger partial charge in [-0.25, -0.2) is 0 Å². The molecule has 0 saturated heterocycles. The van der Waals surface area contributed by atoms with Gasteiger partial charge in [-0.05, 0) is 31.5 Å². The van der Waals surface area contributed by atoms with Gasteiger partial charge in [0, 0.05) is 19.1 Å². The number of fused-ring (bicyclic) bond motifs is 1. The van der Waals surface area contributed by atoms with Crippen LogP contribution in [0.25, 0.3) is 0 Å². The van der Waals surface area contributed by atoms with Crippen LogP contribution in [0, 0.1) is 0 Å². The molecule has 0 spiro atoms. The minimum absolute atomic E-state index is 0.563. The molecule has 1 atom stereocenters. The number of hydrogen-bond donors (Lipinski definition) is 1. The van der Waals surface area contributed by atoms with Crippen LogP contribution in [0.4, 0.5) is 5.69 Å². The summed E-state index contributed by atoms with van der Waals surface area (Å²) >= 11 is 0. The Labute approximate surface area is 116 Å². The predicted molar refractivity (Wildman–Crippen MR) is 81.1 cm³/mol. The molecule has 2 rings (SSSR count). The first-order valence-electron chi connectivity index (χ1n) is 7.56. The molecule has 19 heavy (non-hydrogen) atoms. The lowest BCUT2D eigenvalue weighted by atomic mass is 10.1. The zero-order valence-corrected chi connectivity index (χ0v) is 12.2. The lowest BCUT2D eigenvalue weighted by molar-refractivity contribution is 0.322. The first-order valence-corrected chi connectivity index (χ1v) is 7.56. The molecule has 0 amide bonds. The predicted octanol–water partition coefficient (Wildman–Crippen LogP) is 3.05. The van der Waals surface area contributed by atoms with E-state index >= 15 is 0 Å². The monoisotopic (exact) mass is 262 g/mol. The van der Waals surface area contributed by atoms with Gasteiger partial charge in [-0.1, -0.05) is 32.4 Å². The second kappa shape index (κ2) is 7.39. The number of para-hydroxylation sites is 2. The smallest absolute Gasteiger partial charge is 0.142 e. The fourth-order valence-electron chi connectivity index (χ4n) is 2.75. The van der Waals surface area contributed by atoms with E-state index in [0.29, 0.717) is 6.04 Å². The zero-order valence-electron chi connectivity index (χ0n) is 12.2. The van der Waals surface area contributed by atoms with Crippen LogP contribution >= 0.6 is 0 Å².